The fourth-order valence-electron chi connectivity index (χ4n) is 1.22. The predicted octanol–water partition coefficient (Wildman–Crippen LogP) is 2.54. The zero-order chi connectivity index (χ0) is 12.1. The SMILES string of the molecule is CCCCCC(=NCOCC)NCOCC. The van der Waals surface area contributed by atoms with Crippen LogP contribution in [0, 0.1) is 0 Å². The van der Waals surface area contributed by atoms with E-state index in [-0.39, 0.29) is 0 Å². The quantitative estimate of drug-likeness (QED) is 0.271. The molecule has 0 saturated heterocycles. The van der Waals surface area contributed by atoms with Gasteiger partial charge in [0.15, 0.2) is 0 Å². The van der Waals surface area contributed by atoms with Gasteiger partial charge in [0.2, 0.25) is 0 Å². The Kier molecular flexibility index (Phi) is 12.0. The minimum absolute atomic E-state index is 0.442. The zero-order valence-corrected chi connectivity index (χ0v) is 10.9. The molecule has 16 heavy (non-hydrogen) atoms. The largest absolute Gasteiger partial charge is 0.362 e. The zero-order valence-electron chi connectivity index (χ0n) is 10.9. The van der Waals surface area contributed by atoms with Crippen molar-refractivity contribution in [2.45, 2.75) is 46.5 Å². The number of hydrogen-bond donors (Lipinski definition) is 1. The number of amidine groups is 1. The molecule has 0 heterocycles. The second-order valence-corrected chi connectivity index (χ2v) is 3.50. The molecule has 0 spiro atoms. The van der Waals surface area contributed by atoms with E-state index < -0.39 is 0 Å². The monoisotopic (exact) mass is 230 g/mol. The molecule has 4 heteroatoms. The highest BCUT2D eigenvalue weighted by atomic mass is 16.5. The van der Waals surface area contributed by atoms with Crippen LogP contribution in [0.15, 0.2) is 4.99 Å². The first-order chi connectivity index (χ1) is 7.85. The van der Waals surface area contributed by atoms with Crippen LogP contribution in [0.1, 0.15) is 46.5 Å². The summed E-state index contributed by atoms with van der Waals surface area (Å²) in [6.45, 7) is 8.56. The molecule has 1 N–H and O–H groups in total. The van der Waals surface area contributed by atoms with E-state index in [1.807, 2.05) is 13.8 Å². The Morgan fingerprint density at radius 3 is 2.44 bits per heavy atom. The van der Waals surface area contributed by atoms with Crippen molar-refractivity contribution in [3.8, 4) is 0 Å². The van der Waals surface area contributed by atoms with Crippen LogP contribution in [-0.2, 0) is 9.47 Å². The Labute approximate surface area is 99.4 Å². The maximum Gasteiger partial charge on any atom is 0.139 e. The van der Waals surface area contributed by atoms with Gasteiger partial charge >= 0.3 is 0 Å². The summed E-state index contributed by atoms with van der Waals surface area (Å²) in [4.78, 5) is 4.36. The highest BCUT2D eigenvalue weighted by Crippen LogP contribution is 1.99. The molecular formula is C12H26N2O2. The lowest BCUT2D eigenvalue weighted by Crippen LogP contribution is -2.26. The third-order valence-electron chi connectivity index (χ3n) is 2.15. The van der Waals surface area contributed by atoms with Crippen molar-refractivity contribution in [2.24, 2.45) is 4.99 Å². The number of aliphatic imine (C=N–C) groups is 1. The number of ether oxygens (including phenoxy) is 2. The van der Waals surface area contributed by atoms with E-state index in [0.29, 0.717) is 20.1 Å². The molecule has 0 atom stereocenters. The molecule has 0 aromatic heterocycles. The molecule has 0 aliphatic heterocycles. The molecular weight excluding hydrogens is 204 g/mol. The number of hydrogen-bond acceptors (Lipinski definition) is 3. The smallest absolute Gasteiger partial charge is 0.139 e. The number of unbranched alkanes of at least 4 members (excludes halogenated alkanes) is 2. The van der Waals surface area contributed by atoms with E-state index in [9.17, 15) is 0 Å². The first-order valence-electron chi connectivity index (χ1n) is 6.27. The average Bonchev–Trinajstić information content (AvgIpc) is 2.29. The summed E-state index contributed by atoms with van der Waals surface area (Å²) in [6.07, 6.45) is 4.61. The van der Waals surface area contributed by atoms with Crippen LogP contribution >= 0.6 is 0 Å². The molecule has 0 aromatic carbocycles. The lowest BCUT2D eigenvalue weighted by atomic mass is 10.2. The number of rotatable bonds is 10. The number of nitrogens with one attached hydrogen (secondary N) is 1. The first-order valence-corrected chi connectivity index (χ1v) is 6.27. The van der Waals surface area contributed by atoms with Gasteiger partial charge in [-0.3, -0.25) is 0 Å². The van der Waals surface area contributed by atoms with Gasteiger partial charge < -0.3 is 14.8 Å². The van der Waals surface area contributed by atoms with Gasteiger partial charge in [-0.25, -0.2) is 4.99 Å². The van der Waals surface area contributed by atoms with Gasteiger partial charge in [-0.15, -0.1) is 0 Å². The summed E-state index contributed by atoms with van der Waals surface area (Å²) >= 11 is 0. The fraction of sp³-hybridized carbons (Fsp3) is 0.917. The predicted molar refractivity (Wildman–Crippen MR) is 67.7 cm³/mol. The summed E-state index contributed by atoms with van der Waals surface area (Å²) in [7, 11) is 0. The van der Waals surface area contributed by atoms with E-state index in [2.05, 4.69) is 17.2 Å². The maximum atomic E-state index is 5.24. The summed E-state index contributed by atoms with van der Waals surface area (Å²) < 4.78 is 10.5. The lowest BCUT2D eigenvalue weighted by molar-refractivity contribution is 0.139. The van der Waals surface area contributed by atoms with Crippen molar-refractivity contribution in [1.82, 2.24) is 5.32 Å². The van der Waals surface area contributed by atoms with E-state index in [0.717, 1.165) is 18.9 Å². The second kappa shape index (κ2) is 12.5. The summed E-state index contributed by atoms with van der Waals surface area (Å²) in [6, 6.07) is 0. The van der Waals surface area contributed by atoms with Crippen LogP contribution in [0.5, 0.6) is 0 Å². The van der Waals surface area contributed by atoms with Gasteiger partial charge in [0.25, 0.3) is 0 Å². The van der Waals surface area contributed by atoms with E-state index >= 15 is 0 Å². The van der Waals surface area contributed by atoms with Gasteiger partial charge in [0, 0.05) is 19.6 Å². The molecule has 0 radical (unpaired) electrons. The lowest BCUT2D eigenvalue weighted by Gasteiger charge is -2.10. The minimum Gasteiger partial charge on any atom is -0.362 e. The molecule has 0 unspecified atom stereocenters. The van der Waals surface area contributed by atoms with Gasteiger partial charge in [-0.2, -0.15) is 0 Å². The van der Waals surface area contributed by atoms with E-state index in [1.165, 1.54) is 19.3 Å². The minimum atomic E-state index is 0.442. The summed E-state index contributed by atoms with van der Waals surface area (Å²) in [5.74, 6) is 0.996. The molecule has 4 nitrogen and oxygen atoms in total. The fourth-order valence-corrected chi connectivity index (χ4v) is 1.22. The molecule has 0 saturated carbocycles. The molecule has 0 aromatic rings. The maximum absolute atomic E-state index is 5.24. The normalized spacial score (nSPS) is 11.8. The van der Waals surface area contributed by atoms with Crippen molar-refractivity contribution >= 4 is 5.84 Å². The second-order valence-electron chi connectivity index (χ2n) is 3.50. The Morgan fingerprint density at radius 2 is 1.81 bits per heavy atom. The van der Waals surface area contributed by atoms with Gasteiger partial charge in [0.05, 0.1) is 0 Å². The van der Waals surface area contributed by atoms with Crippen molar-refractivity contribution in [3.05, 3.63) is 0 Å². The molecule has 0 bridgehead atoms. The molecule has 0 fully saturated rings. The molecule has 0 aliphatic carbocycles. The van der Waals surface area contributed by atoms with Crippen LogP contribution in [0.25, 0.3) is 0 Å². The van der Waals surface area contributed by atoms with Crippen LogP contribution in [0.3, 0.4) is 0 Å². The molecule has 0 rings (SSSR count). The van der Waals surface area contributed by atoms with Gasteiger partial charge in [0.1, 0.15) is 19.3 Å². The standard InChI is InChI=1S/C12H26N2O2/c1-4-7-8-9-12(13-10-15-5-2)14-11-16-6-3/h4-11H2,1-3H3,(H,13,14). The van der Waals surface area contributed by atoms with Crippen molar-refractivity contribution in [2.75, 3.05) is 26.7 Å². The number of nitrogens with zero attached hydrogens (tertiary/aromatic N) is 1. The molecule has 96 valence electrons. The summed E-state index contributed by atoms with van der Waals surface area (Å²) in [5.41, 5.74) is 0. The highest BCUT2D eigenvalue weighted by molar-refractivity contribution is 5.81. The first kappa shape index (κ1) is 15.4. The summed E-state index contributed by atoms with van der Waals surface area (Å²) in [5, 5.41) is 3.19. The van der Waals surface area contributed by atoms with E-state index in [4.69, 9.17) is 9.47 Å². The average molecular weight is 230 g/mol. The highest BCUT2D eigenvalue weighted by Gasteiger charge is 1.98. The molecule has 0 amide bonds. The van der Waals surface area contributed by atoms with Gasteiger partial charge in [-0.1, -0.05) is 19.8 Å². The third kappa shape index (κ3) is 9.93. The molecule has 0 aliphatic rings. The van der Waals surface area contributed by atoms with Crippen molar-refractivity contribution in [1.29, 1.82) is 0 Å². The Morgan fingerprint density at radius 1 is 1.06 bits per heavy atom. The third-order valence-corrected chi connectivity index (χ3v) is 2.15. The van der Waals surface area contributed by atoms with Crippen molar-refractivity contribution < 1.29 is 9.47 Å². The topological polar surface area (TPSA) is 42.8 Å². The Balaban J connectivity index is 3.79. The Bertz CT molecular complexity index is 160. The van der Waals surface area contributed by atoms with Gasteiger partial charge in [-0.05, 0) is 20.3 Å². The van der Waals surface area contributed by atoms with Crippen LogP contribution in [0.4, 0.5) is 0 Å². The van der Waals surface area contributed by atoms with Crippen LogP contribution in [0.2, 0.25) is 0 Å². The van der Waals surface area contributed by atoms with Crippen LogP contribution in [-0.4, -0.2) is 32.5 Å². The Hall–Kier alpha value is -0.610. The van der Waals surface area contributed by atoms with E-state index in [1.54, 1.807) is 0 Å². The van der Waals surface area contributed by atoms with Crippen LogP contribution < -0.4 is 5.32 Å². The van der Waals surface area contributed by atoms with Crippen molar-refractivity contribution in [3.63, 3.8) is 0 Å².